The van der Waals surface area contributed by atoms with Gasteiger partial charge in [-0.25, -0.2) is 13.1 Å². The third-order valence-corrected chi connectivity index (χ3v) is 4.74. The SMILES string of the molecule is CCCc1nn(-c2ccccc2OC)c(Cl)c1S(=O)(=O)Cl. The molecular formula is C13H14Cl2N2O3S. The van der Waals surface area contributed by atoms with Crippen molar-refractivity contribution in [3.8, 4) is 11.4 Å². The minimum atomic E-state index is -3.98. The number of benzene rings is 1. The van der Waals surface area contributed by atoms with E-state index in [-0.39, 0.29) is 10.0 Å². The Morgan fingerprint density at radius 2 is 2.00 bits per heavy atom. The molecule has 0 aliphatic heterocycles. The second-order valence-corrected chi connectivity index (χ2v) is 7.20. The molecule has 0 atom stereocenters. The summed E-state index contributed by atoms with van der Waals surface area (Å²) >= 11 is 6.19. The van der Waals surface area contributed by atoms with Crippen LogP contribution in [-0.2, 0) is 15.5 Å². The van der Waals surface area contributed by atoms with Gasteiger partial charge in [0, 0.05) is 10.7 Å². The number of hydrogen-bond acceptors (Lipinski definition) is 4. The molecule has 0 bridgehead atoms. The molecule has 0 aliphatic carbocycles. The minimum absolute atomic E-state index is 0.0436. The Labute approximate surface area is 132 Å². The Kier molecular flexibility index (Phi) is 4.81. The van der Waals surface area contributed by atoms with Crippen molar-refractivity contribution in [1.82, 2.24) is 9.78 Å². The maximum absolute atomic E-state index is 11.7. The van der Waals surface area contributed by atoms with Crippen molar-refractivity contribution < 1.29 is 13.2 Å². The molecule has 0 unspecified atom stereocenters. The summed E-state index contributed by atoms with van der Waals surface area (Å²) in [6.07, 6.45) is 1.18. The molecule has 114 valence electrons. The highest BCUT2D eigenvalue weighted by molar-refractivity contribution is 8.13. The zero-order valence-electron chi connectivity index (χ0n) is 11.5. The third-order valence-electron chi connectivity index (χ3n) is 2.90. The van der Waals surface area contributed by atoms with Gasteiger partial charge in [-0.05, 0) is 18.6 Å². The van der Waals surface area contributed by atoms with Gasteiger partial charge in [0.2, 0.25) is 0 Å². The highest BCUT2D eigenvalue weighted by atomic mass is 35.7. The summed E-state index contributed by atoms with van der Waals surface area (Å²) in [6.45, 7) is 1.92. The molecule has 8 heteroatoms. The topological polar surface area (TPSA) is 61.2 Å². The highest BCUT2D eigenvalue weighted by Crippen LogP contribution is 2.33. The van der Waals surface area contributed by atoms with Gasteiger partial charge in [0.25, 0.3) is 9.05 Å². The second-order valence-electron chi connectivity index (χ2n) is 4.34. The van der Waals surface area contributed by atoms with Crippen LogP contribution in [0, 0.1) is 0 Å². The van der Waals surface area contributed by atoms with E-state index >= 15 is 0 Å². The summed E-state index contributed by atoms with van der Waals surface area (Å²) in [5.41, 5.74) is 0.900. The Morgan fingerprint density at radius 1 is 1.33 bits per heavy atom. The Bertz CT molecular complexity index is 757. The van der Waals surface area contributed by atoms with Crippen molar-refractivity contribution >= 4 is 31.3 Å². The maximum atomic E-state index is 11.7. The van der Waals surface area contributed by atoms with Crippen LogP contribution < -0.4 is 4.74 Å². The lowest BCUT2D eigenvalue weighted by Gasteiger charge is -2.08. The number of nitrogens with zero attached hydrogens (tertiary/aromatic N) is 2. The smallest absolute Gasteiger partial charge is 0.266 e. The van der Waals surface area contributed by atoms with Crippen molar-refractivity contribution in [2.75, 3.05) is 7.11 Å². The first-order valence-electron chi connectivity index (χ1n) is 6.25. The van der Waals surface area contributed by atoms with E-state index in [1.807, 2.05) is 6.92 Å². The molecule has 2 rings (SSSR count). The summed E-state index contributed by atoms with van der Waals surface area (Å²) in [7, 11) is 3.02. The lowest BCUT2D eigenvalue weighted by molar-refractivity contribution is 0.411. The lowest BCUT2D eigenvalue weighted by atomic mass is 10.2. The number of hydrogen-bond donors (Lipinski definition) is 0. The number of aryl methyl sites for hydroxylation is 1. The summed E-state index contributed by atoms with van der Waals surface area (Å²) in [6, 6.07) is 7.05. The number of aromatic nitrogens is 2. The van der Waals surface area contributed by atoms with Crippen LogP contribution in [0.4, 0.5) is 0 Å². The van der Waals surface area contributed by atoms with Crippen LogP contribution in [0.1, 0.15) is 19.0 Å². The number of rotatable bonds is 5. The van der Waals surface area contributed by atoms with E-state index in [1.165, 1.54) is 11.8 Å². The molecule has 1 aromatic carbocycles. The molecule has 0 spiro atoms. The zero-order valence-corrected chi connectivity index (χ0v) is 13.8. The zero-order chi connectivity index (χ0) is 15.6. The molecule has 1 heterocycles. The molecule has 0 fully saturated rings. The summed E-state index contributed by atoms with van der Waals surface area (Å²) in [5.74, 6) is 0.531. The Hall–Kier alpha value is -1.24. The van der Waals surface area contributed by atoms with Gasteiger partial charge in [0.1, 0.15) is 16.3 Å². The van der Waals surface area contributed by atoms with Crippen LogP contribution in [0.2, 0.25) is 5.15 Å². The van der Waals surface area contributed by atoms with Gasteiger partial charge in [-0.2, -0.15) is 5.10 Å². The fourth-order valence-corrected chi connectivity index (χ4v) is 3.89. The Balaban J connectivity index is 2.71. The molecule has 1 aromatic heterocycles. The maximum Gasteiger partial charge on any atom is 0.266 e. The van der Waals surface area contributed by atoms with Gasteiger partial charge >= 0.3 is 0 Å². The summed E-state index contributed by atoms with van der Waals surface area (Å²) in [4.78, 5) is -0.140. The quantitative estimate of drug-likeness (QED) is 0.776. The molecule has 21 heavy (non-hydrogen) atoms. The minimum Gasteiger partial charge on any atom is -0.494 e. The number of halogens is 2. The molecule has 5 nitrogen and oxygen atoms in total. The van der Waals surface area contributed by atoms with Gasteiger partial charge in [0.05, 0.1) is 12.8 Å². The van der Waals surface area contributed by atoms with Gasteiger partial charge < -0.3 is 4.74 Å². The van der Waals surface area contributed by atoms with Gasteiger partial charge in [-0.15, -0.1) is 0 Å². The first kappa shape index (κ1) is 16.1. The average molecular weight is 349 g/mol. The largest absolute Gasteiger partial charge is 0.494 e. The normalized spacial score (nSPS) is 11.6. The van der Waals surface area contributed by atoms with Gasteiger partial charge in [-0.3, -0.25) is 0 Å². The van der Waals surface area contributed by atoms with Crippen LogP contribution in [0.5, 0.6) is 5.75 Å². The monoisotopic (exact) mass is 348 g/mol. The lowest BCUT2D eigenvalue weighted by Crippen LogP contribution is -2.00. The molecule has 0 amide bonds. The second kappa shape index (κ2) is 6.25. The summed E-state index contributed by atoms with van der Waals surface area (Å²) in [5, 5.41) is 4.24. The first-order chi connectivity index (χ1) is 9.90. The molecule has 0 saturated carbocycles. The van der Waals surface area contributed by atoms with E-state index in [1.54, 1.807) is 24.3 Å². The first-order valence-corrected chi connectivity index (χ1v) is 8.94. The van der Waals surface area contributed by atoms with Crippen LogP contribution in [0.15, 0.2) is 29.2 Å². The molecule has 0 saturated heterocycles. The van der Waals surface area contributed by atoms with Crippen molar-refractivity contribution in [1.29, 1.82) is 0 Å². The van der Waals surface area contributed by atoms with Crippen LogP contribution in [0.25, 0.3) is 5.69 Å². The van der Waals surface area contributed by atoms with Crippen LogP contribution >= 0.6 is 22.3 Å². The number of ether oxygens (including phenoxy) is 1. The molecular weight excluding hydrogens is 335 g/mol. The van der Waals surface area contributed by atoms with Crippen molar-refractivity contribution in [3.63, 3.8) is 0 Å². The fourth-order valence-electron chi connectivity index (χ4n) is 2.03. The fraction of sp³-hybridized carbons (Fsp3) is 0.308. The average Bonchev–Trinajstić information content (AvgIpc) is 2.75. The van der Waals surface area contributed by atoms with E-state index in [2.05, 4.69) is 5.10 Å². The van der Waals surface area contributed by atoms with Crippen molar-refractivity contribution in [2.24, 2.45) is 0 Å². The van der Waals surface area contributed by atoms with Crippen LogP contribution in [0.3, 0.4) is 0 Å². The number of para-hydroxylation sites is 2. The van der Waals surface area contributed by atoms with E-state index in [9.17, 15) is 8.42 Å². The van der Waals surface area contributed by atoms with Crippen molar-refractivity contribution in [2.45, 2.75) is 24.7 Å². The van der Waals surface area contributed by atoms with Gasteiger partial charge in [-0.1, -0.05) is 37.1 Å². The van der Waals surface area contributed by atoms with E-state index in [4.69, 9.17) is 27.0 Å². The molecule has 2 aromatic rings. The summed E-state index contributed by atoms with van der Waals surface area (Å²) < 4.78 is 30.1. The van der Waals surface area contributed by atoms with Crippen molar-refractivity contribution in [3.05, 3.63) is 35.1 Å². The Morgan fingerprint density at radius 3 is 2.57 bits per heavy atom. The van der Waals surface area contributed by atoms with Crippen LogP contribution in [-0.4, -0.2) is 25.3 Å². The number of methoxy groups -OCH3 is 1. The molecule has 0 aliphatic rings. The van der Waals surface area contributed by atoms with Gasteiger partial charge in [0.15, 0.2) is 5.15 Å². The predicted octanol–water partition coefficient (Wildman–Crippen LogP) is 3.41. The third kappa shape index (κ3) is 3.17. The highest BCUT2D eigenvalue weighted by Gasteiger charge is 2.27. The van der Waals surface area contributed by atoms with E-state index < -0.39 is 9.05 Å². The predicted molar refractivity (Wildman–Crippen MR) is 82.2 cm³/mol. The molecule has 0 N–H and O–H groups in total. The van der Waals surface area contributed by atoms with E-state index in [0.717, 1.165) is 6.42 Å². The van der Waals surface area contributed by atoms with E-state index in [0.29, 0.717) is 23.6 Å². The molecule has 0 radical (unpaired) electrons. The standard InChI is InChI=1S/C13H14Cl2N2O3S/c1-3-6-9-12(21(15,18)19)13(14)17(16-9)10-7-4-5-8-11(10)20-2/h4-5,7-8H,3,6H2,1-2H3.